The van der Waals surface area contributed by atoms with Crippen LogP contribution in [0.5, 0.6) is 0 Å². The van der Waals surface area contributed by atoms with E-state index in [1.54, 1.807) is 12.1 Å². The molecule has 0 saturated heterocycles. The Hall–Kier alpha value is -1.75. The molecule has 4 nitrogen and oxygen atoms in total. The average molecular weight is 227 g/mol. The maximum atomic E-state index is 12.6. The lowest BCUT2D eigenvalue weighted by Gasteiger charge is -1.98. The summed E-state index contributed by atoms with van der Waals surface area (Å²) in [6, 6.07) is 5.93. The van der Waals surface area contributed by atoms with E-state index in [1.807, 2.05) is 0 Å². The monoisotopic (exact) mass is 226 g/mol. The Kier molecular flexibility index (Phi) is 3.51. The number of anilines is 1. The molecule has 0 bridgehead atoms. The van der Waals surface area contributed by atoms with Crippen LogP contribution < -0.4 is 5.73 Å². The van der Waals surface area contributed by atoms with E-state index in [1.165, 1.54) is 18.3 Å². The Bertz CT molecular complexity index is 385. The van der Waals surface area contributed by atoms with Gasteiger partial charge in [0, 0.05) is 5.56 Å². The number of hydrogen-bond donors (Lipinski definition) is 1. The molecule has 15 heavy (non-hydrogen) atoms. The van der Waals surface area contributed by atoms with Gasteiger partial charge in [0.15, 0.2) is 0 Å². The third kappa shape index (κ3) is 2.60. The highest BCUT2D eigenvalue weighted by Crippen LogP contribution is 2.15. The summed E-state index contributed by atoms with van der Waals surface area (Å²) in [4.78, 5) is 3.79. The van der Waals surface area contributed by atoms with Crippen molar-refractivity contribution in [3.63, 3.8) is 0 Å². The summed E-state index contributed by atoms with van der Waals surface area (Å²) in [5.74, 6) is -0.166. The second kappa shape index (κ2) is 4.65. The molecule has 0 aliphatic rings. The number of halogens is 2. The molecule has 2 aromatic rings. The minimum Gasteiger partial charge on any atom is -0.366 e. The first-order valence-corrected chi connectivity index (χ1v) is 3.97. The van der Waals surface area contributed by atoms with E-state index in [0.29, 0.717) is 5.69 Å². The van der Waals surface area contributed by atoms with Crippen LogP contribution in [0.15, 0.2) is 30.5 Å². The van der Waals surface area contributed by atoms with E-state index in [-0.39, 0.29) is 24.2 Å². The molecule has 0 spiro atoms. The van der Waals surface area contributed by atoms with Crippen LogP contribution in [0.1, 0.15) is 0 Å². The second-order valence-electron chi connectivity index (χ2n) is 2.71. The quantitative estimate of drug-likeness (QED) is 0.804. The molecular weight excluding hydrogens is 219 g/mol. The lowest BCUT2D eigenvalue weighted by Crippen LogP contribution is -1.97. The number of rotatable bonds is 1. The Morgan fingerprint density at radius 1 is 1.07 bits per heavy atom. The van der Waals surface area contributed by atoms with Crippen molar-refractivity contribution >= 4 is 18.4 Å². The Morgan fingerprint density at radius 3 is 2.27 bits per heavy atom. The maximum Gasteiger partial charge on any atom is 0.240 e. The van der Waals surface area contributed by atoms with Crippen molar-refractivity contribution in [3.05, 3.63) is 36.3 Å². The zero-order valence-electron chi connectivity index (χ0n) is 7.59. The smallest absolute Gasteiger partial charge is 0.240 e. The SMILES string of the molecule is Cl.Nc1ncc(-c2ccc(F)cc2)nn1. The first-order valence-electron chi connectivity index (χ1n) is 3.97. The van der Waals surface area contributed by atoms with Crippen LogP contribution >= 0.6 is 12.4 Å². The van der Waals surface area contributed by atoms with E-state index in [0.717, 1.165) is 5.56 Å². The van der Waals surface area contributed by atoms with Gasteiger partial charge in [-0.25, -0.2) is 9.37 Å². The summed E-state index contributed by atoms with van der Waals surface area (Å²) in [5.41, 5.74) is 6.61. The zero-order valence-corrected chi connectivity index (χ0v) is 8.41. The summed E-state index contributed by atoms with van der Waals surface area (Å²) in [6.45, 7) is 0. The molecule has 2 N–H and O–H groups in total. The largest absolute Gasteiger partial charge is 0.366 e. The van der Waals surface area contributed by atoms with Gasteiger partial charge in [-0.15, -0.1) is 22.6 Å². The molecule has 0 aliphatic carbocycles. The Balaban J connectivity index is 0.00000112. The normalized spacial score (nSPS) is 9.40. The molecule has 6 heteroatoms. The van der Waals surface area contributed by atoms with Crippen LogP contribution in [-0.4, -0.2) is 15.2 Å². The highest BCUT2D eigenvalue weighted by Gasteiger charge is 2.00. The fraction of sp³-hybridized carbons (Fsp3) is 0. The number of benzene rings is 1. The first kappa shape index (κ1) is 11.3. The molecule has 1 heterocycles. The predicted octanol–water partition coefficient (Wildman–Crippen LogP) is 1.68. The average Bonchev–Trinajstić information content (AvgIpc) is 2.21. The Labute approximate surface area is 91.8 Å². The number of hydrogen-bond acceptors (Lipinski definition) is 4. The van der Waals surface area contributed by atoms with Crippen LogP contribution in [0.2, 0.25) is 0 Å². The van der Waals surface area contributed by atoms with Crippen molar-refractivity contribution in [2.24, 2.45) is 0 Å². The van der Waals surface area contributed by atoms with Crippen LogP contribution in [-0.2, 0) is 0 Å². The van der Waals surface area contributed by atoms with Crippen LogP contribution in [0.3, 0.4) is 0 Å². The van der Waals surface area contributed by atoms with Crippen LogP contribution in [0.4, 0.5) is 10.3 Å². The van der Waals surface area contributed by atoms with Gasteiger partial charge in [-0.3, -0.25) is 0 Å². The van der Waals surface area contributed by atoms with Crippen molar-refractivity contribution in [1.29, 1.82) is 0 Å². The highest BCUT2D eigenvalue weighted by atomic mass is 35.5. The van der Waals surface area contributed by atoms with E-state index < -0.39 is 0 Å². The van der Waals surface area contributed by atoms with Crippen molar-refractivity contribution in [1.82, 2.24) is 15.2 Å². The number of nitrogen functional groups attached to an aromatic ring is 1. The Morgan fingerprint density at radius 2 is 1.73 bits per heavy atom. The van der Waals surface area contributed by atoms with E-state index in [9.17, 15) is 4.39 Å². The summed E-state index contributed by atoms with van der Waals surface area (Å²) in [6.07, 6.45) is 1.50. The highest BCUT2D eigenvalue weighted by molar-refractivity contribution is 5.85. The van der Waals surface area contributed by atoms with E-state index in [2.05, 4.69) is 15.2 Å². The molecule has 0 atom stereocenters. The molecular formula is C9H8ClFN4. The van der Waals surface area contributed by atoms with Gasteiger partial charge in [0.2, 0.25) is 5.95 Å². The summed E-state index contributed by atoms with van der Waals surface area (Å²) < 4.78 is 12.6. The second-order valence-corrected chi connectivity index (χ2v) is 2.71. The summed E-state index contributed by atoms with van der Waals surface area (Å²) in [5, 5.41) is 7.42. The molecule has 0 amide bonds. The van der Waals surface area contributed by atoms with E-state index in [4.69, 9.17) is 5.73 Å². The minimum atomic E-state index is -0.287. The molecule has 0 radical (unpaired) electrons. The summed E-state index contributed by atoms with van der Waals surface area (Å²) >= 11 is 0. The van der Waals surface area contributed by atoms with Crippen LogP contribution in [0.25, 0.3) is 11.3 Å². The molecule has 2 rings (SSSR count). The molecule has 0 aliphatic heterocycles. The maximum absolute atomic E-state index is 12.6. The minimum absolute atomic E-state index is 0. The van der Waals surface area contributed by atoms with E-state index >= 15 is 0 Å². The molecule has 1 aromatic carbocycles. The van der Waals surface area contributed by atoms with Crippen molar-refractivity contribution in [2.45, 2.75) is 0 Å². The fourth-order valence-electron chi connectivity index (χ4n) is 1.04. The molecule has 0 unspecified atom stereocenters. The van der Waals surface area contributed by atoms with Gasteiger partial charge in [-0.2, -0.15) is 0 Å². The van der Waals surface area contributed by atoms with Gasteiger partial charge in [0.25, 0.3) is 0 Å². The van der Waals surface area contributed by atoms with Gasteiger partial charge in [-0.05, 0) is 24.3 Å². The first-order chi connectivity index (χ1) is 6.75. The lowest BCUT2D eigenvalue weighted by atomic mass is 10.2. The van der Waals surface area contributed by atoms with Gasteiger partial charge in [0.1, 0.15) is 11.5 Å². The standard InChI is InChI=1S/C9H7FN4.ClH/c10-7-3-1-6(2-4-7)8-5-12-9(11)14-13-8;/h1-5H,(H2,11,12,14);1H. The predicted molar refractivity (Wildman–Crippen MR) is 56.9 cm³/mol. The van der Waals surface area contributed by atoms with Crippen LogP contribution in [0, 0.1) is 5.82 Å². The third-order valence-electron chi connectivity index (χ3n) is 1.72. The van der Waals surface area contributed by atoms with Crippen molar-refractivity contribution in [3.8, 4) is 11.3 Å². The van der Waals surface area contributed by atoms with Crippen molar-refractivity contribution in [2.75, 3.05) is 5.73 Å². The fourth-order valence-corrected chi connectivity index (χ4v) is 1.04. The zero-order chi connectivity index (χ0) is 9.97. The third-order valence-corrected chi connectivity index (χ3v) is 1.72. The summed E-state index contributed by atoms with van der Waals surface area (Å²) in [7, 11) is 0. The van der Waals surface area contributed by atoms with Gasteiger partial charge >= 0.3 is 0 Å². The molecule has 0 saturated carbocycles. The van der Waals surface area contributed by atoms with Gasteiger partial charge in [-0.1, -0.05) is 0 Å². The van der Waals surface area contributed by atoms with Crippen molar-refractivity contribution < 1.29 is 4.39 Å². The number of nitrogens with two attached hydrogens (primary N) is 1. The number of aromatic nitrogens is 3. The van der Waals surface area contributed by atoms with Gasteiger partial charge in [0.05, 0.1) is 6.20 Å². The molecule has 0 fully saturated rings. The lowest BCUT2D eigenvalue weighted by molar-refractivity contribution is 0.628. The molecule has 78 valence electrons. The molecule has 1 aromatic heterocycles. The number of nitrogens with zero attached hydrogens (tertiary/aromatic N) is 3. The van der Waals surface area contributed by atoms with Gasteiger partial charge < -0.3 is 5.73 Å². The topological polar surface area (TPSA) is 64.7 Å².